The van der Waals surface area contributed by atoms with E-state index in [1.807, 2.05) is 0 Å². The summed E-state index contributed by atoms with van der Waals surface area (Å²) < 4.78 is 43.1. The van der Waals surface area contributed by atoms with Crippen molar-refractivity contribution in [3.63, 3.8) is 0 Å². The molecule has 1 rings (SSSR count). The van der Waals surface area contributed by atoms with Gasteiger partial charge in [0.25, 0.3) is 0 Å². The molecule has 3 nitrogen and oxygen atoms in total. The van der Waals surface area contributed by atoms with Gasteiger partial charge in [0, 0.05) is 5.56 Å². The quantitative estimate of drug-likeness (QED) is 0.828. The molecule has 0 saturated heterocycles. The highest BCUT2D eigenvalue weighted by Gasteiger charge is 2.34. The molecule has 0 aliphatic carbocycles. The minimum absolute atomic E-state index is 0.0510. The zero-order valence-electron chi connectivity index (χ0n) is 9.33. The first kappa shape index (κ1) is 14.1. The van der Waals surface area contributed by atoms with Crippen molar-refractivity contribution < 1.29 is 27.8 Å². The van der Waals surface area contributed by atoms with Crippen LogP contribution < -0.4 is 4.74 Å². The highest BCUT2D eigenvalue weighted by molar-refractivity contribution is 5.68. The van der Waals surface area contributed by atoms with Crippen molar-refractivity contribution in [1.82, 2.24) is 0 Å². The Morgan fingerprint density at radius 3 is 2.61 bits per heavy atom. The van der Waals surface area contributed by atoms with Crippen molar-refractivity contribution in [3.05, 3.63) is 42.0 Å². The summed E-state index contributed by atoms with van der Waals surface area (Å²) in [4.78, 5) is 10.4. The topological polar surface area (TPSA) is 46.5 Å². The van der Waals surface area contributed by atoms with Crippen LogP contribution in [0.4, 0.5) is 13.2 Å². The van der Waals surface area contributed by atoms with Gasteiger partial charge < -0.3 is 9.84 Å². The smallest absolute Gasteiger partial charge is 0.416 e. The van der Waals surface area contributed by atoms with E-state index < -0.39 is 24.3 Å². The van der Waals surface area contributed by atoms with E-state index in [4.69, 9.17) is 9.84 Å². The van der Waals surface area contributed by atoms with E-state index in [0.29, 0.717) is 0 Å². The number of allylic oxidation sites excluding steroid dienone is 1. The van der Waals surface area contributed by atoms with Crippen LogP contribution >= 0.6 is 0 Å². The second kappa shape index (κ2) is 5.57. The van der Waals surface area contributed by atoms with Crippen LogP contribution in [0.2, 0.25) is 0 Å². The largest absolute Gasteiger partial charge is 0.482 e. The molecule has 0 radical (unpaired) electrons. The third-order valence-electron chi connectivity index (χ3n) is 2.14. The van der Waals surface area contributed by atoms with Gasteiger partial charge in [-0.2, -0.15) is 13.2 Å². The molecule has 0 spiro atoms. The molecule has 1 aromatic carbocycles. The van der Waals surface area contributed by atoms with Crippen molar-refractivity contribution >= 4 is 5.97 Å². The fourth-order valence-electron chi connectivity index (χ4n) is 1.46. The molecule has 0 fully saturated rings. The second-order valence-corrected chi connectivity index (χ2v) is 3.46. The van der Waals surface area contributed by atoms with Crippen LogP contribution in [-0.2, 0) is 17.4 Å². The number of carboxylic acid groups (broad SMARTS) is 1. The Bertz CT molecular complexity index is 452. The first-order valence-corrected chi connectivity index (χ1v) is 5.01. The Morgan fingerprint density at radius 2 is 2.11 bits per heavy atom. The highest BCUT2D eigenvalue weighted by atomic mass is 19.4. The highest BCUT2D eigenvalue weighted by Crippen LogP contribution is 2.36. The number of hydrogen-bond donors (Lipinski definition) is 1. The SMILES string of the molecule is C=CCc1c(OCC(=O)O)cccc1C(F)(F)F. The van der Waals surface area contributed by atoms with Crippen LogP contribution in [0, 0.1) is 0 Å². The van der Waals surface area contributed by atoms with Crippen LogP contribution in [-0.4, -0.2) is 17.7 Å². The number of benzene rings is 1. The molecule has 0 saturated carbocycles. The van der Waals surface area contributed by atoms with Crippen LogP contribution in [0.3, 0.4) is 0 Å². The lowest BCUT2D eigenvalue weighted by molar-refractivity contribution is -0.139. The van der Waals surface area contributed by atoms with E-state index >= 15 is 0 Å². The van der Waals surface area contributed by atoms with Crippen molar-refractivity contribution in [3.8, 4) is 5.75 Å². The number of alkyl halides is 3. The average molecular weight is 260 g/mol. The van der Waals surface area contributed by atoms with Gasteiger partial charge in [-0.15, -0.1) is 6.58 Å². The molecule has 0 heterocycles. The molecule has 0 bridgehead atoms. The molecule has 0 aliphatic rings. The molecule has 0 aromatic heterocycles. The van der Waals surface area contributed by atoms with Crippen molar-refractivity contribution in [2.45, 2.75) is 12.6 Å². The number of rotatable bonds is 5. The number of hydrogen-bond acceptors (Lipinski definition) is 2. The van der Waals surface area contributed by atoms with Gasteiger partial charge in [0.15, 0.2) is 6.61 Å². The number of carbonyl (C=O) groups is 1. The van der Waals surface area contributed by atoms with Gasteiger partial charge in [-0.05, 0) is 18.6 Å². The number of aliphatic carboxylic acids is 1. The van der Waals surface area contributed by atoms with Crippen LogP contribution in [0.5, 0.6) is 5.75 Å². The van der Waals surface area contributed by atoms with Crippen molar-refractivity contribution in [2.75, 3.05) is 6.61 Å². The summed E-state index contributed by atoms with van der Waals surface area (Å²) in [6.45, 7) is 2.69. The van der Waals surface area contributed by atoms with Crippen molar-refractivity contribution in [2.24, 2.45) is 0 Å². The van der Waals surface area contributed by atoms with Gasteiger partial charge in [-0.3, -0.25) is 0 Å². The maximum Gasteiger partial charge on any atom is 0.416 e. The molecule has 18 heavy (non-hydrogen) atoms. The summed E-state index contributed by atoms with van der Waals surface area (Å²) in [7, 11) is 0. The zero-order valence-corrected chi connectivity index (χ0v) is 9.33. The maximum atomic E-state index is 12.7. The van der Waals surface area contributed by atoms with Gasteiger partial charge in [0.05, 0.1) is 5.56 Å². The Kier molecular flexibility index (Phi) is 4.36. The Balaban J connectivity index is 3.17. The Hall–Kier alpha value is -1.98. The first-order chi connectivity index (χ1) is 8.36. The monoisotopic (exact) mass is 260 g/mol. The molecule has 0 aliphatic heterocycles. The molecule has 1 aromatic rings. The van der Waals surface area contributed by atoms with Gasteiger partial charge >= 0.3 is 12.1 Å². The minimum Gasteiger partial charge on any atom is -0.482 e. The van der Waals surface area contributed by atoms with E-state index in [9.17, 15) is 18.0 Å². The normalized spacial score (nSPS) is 11.1. The minimum atomic E-state index is -4.51. The fraction of sp³-hybridized carbons (Fsp3) is 0.250. The fourth-order valence-corrected chi connectivity index (χ4v) is 1.46. The lowest BCUT2D eigenvalue weighted by atomic mass is 10.0. The summed E-state index contributed by atoms with van der Waals surface area (Å²) in [5.41, 5.74) is -0.952. The maximum absolute atomic E-state index is 12.7. The number of halogens is 3. The summed E-state index contributed by atoms with van der Waals surface area (Å²) in [6.07, 6.45) is -3.26. The Labute approximate surface area is 101 Å². The first-order valence-electron chi connectivity index (χ1n) is 5.01. The van der Waals surface area contributed by atoms with Gasteiger partial charge in [-0.25, -0.2) is 4.79 Å². The standard InChI is InChI=1S/C12H11F3O3/c1-2-4-8-9(12(13,14)15)5-3-6-10(8)18-7-11(16)17/h2-3,5-6H,1,4,7H2,(H,16,17). The van der Waals surface area contributed by atoms with E-state index in [1.54, 1.807) is 0 Å². The molecule has 0 atom stereocenters. The third kappa shape index (κ3) is 3.51. The van der Waals surface area contributed by atoms with Crippen molar-refractivity contribution in [1.29, 1.82) is 0 Å². The molecular formula is C12H11F3O3. The van der Waals surface area contributed by atoms with E-state index in [1.165, 1.54) is 18.2 Å². The van der Waals surface area contributed by atoms with E-state index in [2.05, 4.69) is 6.58 Å². The molecule has 98 valence electrons. The molecule has 0 amide bonds. The zero-order chi connectivity index (χ0) is 13.8. The van der Waals surface area contributed by atoms with Crippen LogP contribution in [0.15, 0.2) is 30.9 Å². The van der Waals surface area contributed by atoms with E-state index in [-0.39, 0.29) is 17.7 Å². The Morgan fingerprint density at radius 1 is 1.44 bits per heavy atom. The number of ether oxygens (including phenoxy) is 1. The van der Waals surface area contributed by atoms with Gasteiger partial charge in [0.1, 0.15) is 5.75 Å². The molecule has 0 unspecified atom stereocenters. The third-order valence-corrected chi connectivity index (χ3v) is 2.14. The molecular weight excluding hydrogens is 249 g/mol. The lowest BCUT2D eigenvalue weighted by Gasteiger charge is -2.15. The predicted molar refractivity (Wildman–Crippen MR) is 58.5 cm³/mol. The van der Waals surface area contributed by atoms with Gasteiger partial charge in [0.2, 0.25) is 0 Å². The second-order valence-electron chi connectivity index (χ2n) is 3.46. The summed E-state index contributed by atoms with van der Waals surface area (Å²) in [6, 6.07) is 3.40. The van der Waals surface area contributed by atoms with Gasteiger partial charge in [-0.1, -0.05) is 12.1 Å². The van der Waals surface area contributed by atoms with E-state index in [0.717, 1.165) is 6.07 Å². The summed E-state index contributed by atoms with van der Waals surface area (Å²) in [5, 5.41) is 8.46. The summed E-state index contributed by atoms with van der Waals surface area (Å²) >= 11 is 0. The molecule has 6 heteroatoms. The molecule has 1 N–H and O–H groups in total. The summed E-state index contributed by atoms with van der Waals surface area (Å²) in [5.74, 6) is -1.34. The van der Waals surface area contributed by atoms with Crippen LogP contribution in [0.25, 0.3) is 0 Å². The van der Waals surface area contributed by atoms with Crippen LogP contribution in [0.1, 0.15) is 11.1 Å². The lowest BCUT2D eigenvalue weighted by Crippen LogP contribution is -2.14. The predicted octanol–water partition coefficient (Wildman–Crippen LogP) is 2.90. The number of carboxylic acids is 1. The average Bonchev–Trinajstić information content (AvgIpc) is 2.26.